The molecular weight excluding hydrogens is 206 g/mol. The van der Waals surface area contributed by atoms with Gasteiger partial charge in [0.05, 0.1) is 6.61 Å². The number of benzene rings is 1. The number of hydrogen-bond acceptors (Lipinski definition) is 3. The quantitative estimate of drug-likeness (QED) is 0.788. The first kappa shape index (κ1) is 10.2. The molecule has 78 valence electrons. The lowest BCUT2D eigenvalue weighted by molar-refractivity contribution is 0.340. The summed E-state index contributed by atoms with van der Waals surface area (Å²) in [4.78, 5) is 5.58. The van der Waals surface area contributed by atoms with E-state index in [4.69, 9.17) is 4.74 Å². The lowest BCUT2D eigenvalue weighted by Gasteiger charge is -2.03. The van der Waals surface area contributed by atoms with Gasteiger partial charge in [0.1, 0.15) is 10.8 Å². The van der Waals surface area contributed by atoms with Gasteiger partial charge in [-0.3, -0.25) is 0 Å². The van der Waals surface area contributed by atoms with E-state index in [2.05, 4.69) is 18.0 Å². The lowest BCUT2D eigenvalue weighted by Crippen LogP contribution is -1.90. The van der Waals surface area contributed by atoms with Gasteiger partial charge in [-0.15, -0.1) is 11.3 Å². The maximum atomic E-state index is 5.45. The summed E-state index contributed by atoms with van der Waals surface area (Å²) in [6.45, 7) is 4.74. The van der Waals surface area contributed by atoms with E-state index in [0.29, 0.717) is 6.61 Å². The minimum absolute atomic E-state index is 0.695. The molecule has 0 N–H and O–H groups in total. The average molecular weight is 219 g/mol. The maximum Gasteiger partial charge on any atom is 0.123 e. The van der Waals surface area contributed by atoms with Crippen molar-refractivity contribution in [3.8, 4) is 16.3 Å². The van der Waals surface area contributed by atoms with E-state index in [1.807, 2.05) is 31.3 Å². The summed E-state index contributed by atoms with van der Waals surface area (Å²) < 4.78 is 5.45. The molecule has 1 aromatic carbocycles. The Balaban J connectivity index is 2.32. The van der Waals surface area contributed by atoms with Crippen molar-refractivity contribution in [2.45, 2.75) is 13.8 Å². The van der Waals surface area contributed by atoms with Crippen molar-refractivity contribution in [1.82, 2.24) is 4.98 Å². The van der Waals surface area contributed by atoms with Crippen LogP contribution in [0.25, 0.3) is 10.6 Å². The van der Waals surface area contributed by atoms with E-state index in [9.17, 15) is 0 Å². The van der Waals surface area contributed by atoms with Crippen LogP contribution in [0.4, 0.5) is 0 Å². The molecule has 0 atom stereocenters. The largest absolute Gasteiger partial charge is 0.494 e. The molecule has 0 fully saturated rings. The standard InChI is InChI=1S/C12H13NOS/c1-3-14-11-6-4-5-10(7-11)12-13-8-9(2)15-12/h4-8H,3H2,1-2H3. The molecule has 0 bridgehead atoms. The maximum absolute atomic E-state index is 5.45. The molecule has 2 aromatic rings. The van der Waals surface area contributed by atoms with Gasteiger partial charge in [0.2, 0.25) is 0 Å². The summed E-state index contributed by atoms with van der Waals surface area (Å²) in [6, 6.07) is 8.05. The van der Waals surface area contributed by atoms with Crippen LogP contribution in [0.5, 0.6) is 5.75 Å². The molecule has 0 spiro atoms. The molecule has 0 radical (unpaired) electrons. The Labute approximate surface area is 93.6 Å². The third kappa shape index (κ3) is 2.36. The van der Waals surface area contributed by atoms with E-state index in [-0.39, 0.29) is 0 Å². The van der Waals surface area contributed by atoms with Crippen LogP contribution < -0.4 is 4.74 Å². The molecule has 15 heavy (non-hydrogen) atoms. The summed E-state index contributed by atoms with van der Waals surface area (Å²) in [5, 5.41) is 1.05. The van der Waals surface area contributed by atoms with Crippen LogP contribution in [0, 0.1) is 6.92 Å². The molecule has 0 saturated heterocycles. The fourth-order valence-corrected chi connectivity index (χ4v) is 2.13. The first-order chi connectivity index (χ1) is 7.29. The van der Waals surface area contributed by atoms with Gasteiger partial charge in [-0.1, -0.05) is 12.1 Å². The highest BCUT2D eigenvalue weighted by atomic mass is 32.1. The molecule has 1 heterocycles. The van der Waals surface area contributed by atoms with Gasteiger partial charge in [-0.25, -0.2) is 4.98 Å². The molecular formula is C12H13NOS. The molecule has 2 nitrogen and oxygen atoms in total. The monoisotopic (exact) mass is 219 g/mol. The number of aromatic nitrogens is 1. The van der Waals surface area contributed by atoms with Crippen molar-refractivity contribution in [1.29, 1.82) is 0 Å². The molecule has 0 unspecified atom stereocenters. The minimum atomic E-state index is 0.695. The van der Waals surface area contributed by atoms with Crippen molar-refractivity contribution in [3.05, 3.63) is 35.3 Å². The SMILES string of the molecule is CCOc1cccc(-c2ncc(C)s2)c1. The van der Waals surface area contributed by atoms with Crippen LogP contribution in [0.1, 0.15) is 11.8 Å². The zero-order valence-corrected chi connectivity index (χ0v) is 9.67. The van der Waals surface area contributed by atoms with Crippen molar-refractivity contribution >= 4 is 11.3 Å². The predicted molar refractivity (Wildman–Crippen MR) is 63.5 cm³/mol. The Morgan fingerprint density at radius 2 is 2.27 bits per heavy atom. The van der Waals surface area contributed by atoms with Crippen LogP contribution in [0.2, 0.25) is 0 Å². The van der Waals surface area contributed by atoms with Gasteiger partial charge in [0.15, 0.2) is 0 Å². The summed E-state index contributed by atoms with van der Waals surface area (Å²) in [7, 11) is 0. The highest BCUT2D eigenvalue weighted by molar-refractivity contribution is 7.14. The van der Waals surface area contributed by atoms with Crippen LogP contribution >= 0.6 is 11.3 Å². The van der Waals surface area contributed by atoms with Gasteiger partial charge in [0, 0.05) is 16.6 Å². The molecule has 1 aromatic heterocycles. The molecule has 3 heteroatoms. The Kier molecular flexibility index (Phi) is 3.02. The number of nitrogens with zero attached hydrogens (tertiary/aromatic N) is 1. The zero-order chi connectivity index (χ0) is 10.7. The smallest absolute Gasteiger partial charge is 0.123 e. The van der Waals surface area contributed by atoms with Crippen LogP contribution in [-0.4, -0.2) is 11.6 Å². The Morgan fingerprint density at radius 1 is 1.40 bits per heavy atom. The number of rotatable bonds is 3. The molecule has 2 rings (SSSR count). The Hall–Kier alpha value is -1.35. The number of hydrogen-bond donors (Lipinski definition) is 0. The normalized spacial score (nSPS) is 10.3. The molecule has 0 aliphatic heterocycles. The third-order valence-electron chi connectivity index (χ3n) is 2.01. The van der Waals surface area contributed by atoms with Gasteiger partial charge < -0.3 is 4.74 Å². The molecule has 0 amide bonds. The zero-order valence-electron chi connectivity index (χ0n) is 8.86. The second kappa shape index (κ2) is 4.45. The average Bonchev–Trinajstić information content (AvgIpc) is 2.66. The predicted octanol–water partition coefficient (Wildman–Crippen LogP) is 3.52. The van der Waals surface area contributed by atoms with E-state index >= 15 is 0 Å². The van der Waals surface area contributed by atoms with E-state index in [1.54, 1.807) is 11.3 Å². The first-order valence-electron chi connectivity index (χ1n) is 4.95. The second-order valence-electron chi connectivity index (χ2n) is 3.24. The van der Waals surface area contributed by atoms with E-state index in [1.165, 1.54) is 4.88 Å². The highest BCUT2D eigenvalue weighted by Gasteiger charge is 2.03. The fraction of sp³-hybridized carbons (Fsp3) is 0.250. The van der Waals surface area contributed by atoms with Crippen LogP contribution in [0.15, 0.2) is 30.5 Å². The van der Waals surface area contributed by atoms with Crippen molar-refractivity contribution in [2.24, 2.45) is 0 Å². The van der Waals surface area contributed by atoms with Gasteiger partial charge in [-0.05, 0) is 26.0 Å². The second-order valence-corrected chi connectivity index (χ2v) is 4.47. The van der Waals surface area contributed by atoms with Crippen molar-refractivity contribution in [2.75, 3.05) is 6.61 Å². The Bertz CT molecular complexity index is 450. The topological polar surface area (TPSA) is 22.1 Å². The van der Waals surface area contributed by atoms with Crippen LogP contribution in [-0.2, 0) is 0 Å². The number of thiazole rings is 1. The van der Waals surface area contributed by atoms with Gasteiger partial charge in [0.25, 0.3) is 0 Å². The summed E-state index contributed by atoms with van der Waals surface area (Å²) in [5.41, 5.74) is 1.12. The first-order valence-corrected chi connectivity index (χ1v) is 5.77. The van der Waals surface area contributed by atoms with Gasteiger partial charge in [-0.2, -0.15) is 0 Å². The van der Waals surface area contributed by atoms with E-state index < -0.39 is 0 Å². The van der Waals surface area contributed by atoms with Crippen molar-refractivity contribution in [3.63, 3.8) is 0 Å². The minimum Gasteiger partial charge on any atom is -0.494 e. The molecule has 0 saturated carbocycles. The number of ether oxygens (including phenoxy) is 1. The van der Waals surface area contributed by atoms with Crippen molar-refractivity contribution < 1.29 is 4.74 Å². The van der Waals surface area contributed by atoms with Gasteiger partial charge >= 0.3 is 0 Å². The summed E-state index contributed by atoms with van der Waals surface area (Å²) in [6.07, 6.45) is 1.90. The summed E-state index contributed by atoms with van der Waals surface area (Å²) >= 11 is 1.70. The molecule has 0 aliphatic carbocycles. The van der Waals surface area contributed by atoms with E-state index in [0.717, 1.165) is 16.3 Å². The van der Waals surface area contributed by atoms with Crippen LogP contribution in [0.3, 0.4) is 0 Å². The summed E-state index contributed by atoms with van der Waals surface area (Å²) in [5.74, 6) is 0.905. The highest BCUT2D eigenvalue weighted by Crippen LogP contribution is 2.27. The third-order valence-corrected chi connectivity index (χ3v) is 2.98. The number of aryl methyl sites for hydroxylation is 1. The fourth-order valence-electron chi connectivity index (χ4n) is 1.37. The lowest BCUT2D eigenvalue weighted by atomic mass is 10.2. The molecule has 0 aliphatic rings. The Morgan fingerprint density at radius 3 is 2.93 bits per heavy atom.